The Bertz CT molecular complexity index is 1060. The van der Waals surface area contributed by atoms with E-state index in [-0.39, 0.29) is 5.56 Å². The molecule has 0 spiro atoms. The molecule has 35 heavy (non-hydrogen) atoms. The summed E-state index contributed by atoms with van der Waals surface area (Å²) >= 11 is 0. The van der Waals surface area contributed by atoms with Crippen LogP contribution in [-0.2, 0) is 20.9 Å². The van der Waals surface area contributed by atoms with Gasteiger partial charge in [0.1, 0.15) is 0 Å². The lowest BCUT2D eigenvalue weighted by atomic mass is 9.96. The molecule has 0 radical (unpaired) electrons. The Morgan fingerprint density at radius 2 is 1.57 bits per heavy atom. The second-order valence-electron chi connectivity index (χ2n) is 8.00. The molecule has 3 amide bonds. The highest BCUT2D eigenvalue weighted by Crippen LogP contribution is 2.18. The van der Waals surface area contributed by atoms with Gasteiger partial charge < -0.3 is 20.3 Å². The highest BCUT2D eigenvalue weighted by Gasteiger charge is 2.47. The molecule has 4 N–H and O–H groups in total. The Kier molecular flexibility index (Phi) is 10.4. The van der Waals surface area contributed by atoms with Crippen molar-refractivity contribution in [2.75, 3.05) is 34.4 Å². The van der Waals surface area contributed by atoms with Crippen molar-refractivity contribution in [3.63, 3.8) is 0 Å². The van der Waals surface area contributed by atoms with Gasteiger partial charge in [0.25, 0.3) is 17.7 Å². The molecule has 2 aromatic carbocycles. The summed E-state index contributed by atoms with van der Waals surface area (Å²) in [5, 5.41) is 14.7. The molecule has 0 saturated heterocycles. The number of carbonyl (C=O) groups excluding carboxylic acids is 3. The average molecular weight is 481 g/mol. The minimum absolute atomic E-state index is 0.265. The second-order valence-corrected chi connectivity index (χ2v) is 8.00. The normalized spacial score (nSPS) is 12.0. The predicted molar refractivity (Wildman–Crippen MR) is 132 cm³/mol. The van der Waals surface area contributed by atoms with Crippen LogP contribution in [0.4, 0.5) is 0 Å². The summed E-state index contributed by atoms with van der Waals surface area (Å²) in [6.07, 6.45) is 0.964. The Hall–Kier alpha value is -3.71. The van der Waals surface area contributed by atoms with Crippen LogP contribution in [0.3, 0.4) is 0 Å². The van der Waals surface area contributed by atoms with Crippen molar-refractivity contribution < 1.29 is 24.3 Å². The quantitative estimate of drug-likeness (QED) is 0.134. The molecule has 0 aliphatic rings. The SMILES string of the molecule is CNC(=O)[C@@](C)(C(=O)NO)N(C)C(=O)c1ccc(C#Cc2ccc(CNCCCOC)cc2)cc1. The monoisotopic (exact) mass is 480 g/mol. The third kappa shape index (κ3) is 7.13. The highest BCUT2D eigenvalue weighted by molar-refractivity contribution is 6.12. The van der Waals surface area contributed by atoms with Crippen LogP contribution in [0.2, 0.25) is 0 Å². The number of benzene rings is 2. The number of hydrogen-bond acceptors (Lipinski definition) is 6. The number of ether oxygens (including phenoxy) is 1. The topological polar surface area (TPSA) is 120 Å². The van der Waals surface area contributed by atoms with E-state index in [4.69, 9.17) is 9.94 Å². The van der Waals surface area contributed by atoms with Crippen LogP contribution >= 0.6 is 0 Å². The zero-order chi connectivity index (χ0) is 25.8. The van der Waals surface area contributed by atoms with Gasteiger partial charge in [-0.3, -0.25) is 19.6 Å². The molecule has 0 fully saturated rings. The first-order chi connectivity index (χ1) is 16.8. The van der Waals surface area contributed by atoms with Gasteiger partial charge in [-0.05, 0) is 61.9 Å². The van der Waals surface area contributed by atoms with E-state index in [1.807, 2.05) is 24.3 Å². The van der Waals surface area contributed by atoms with Crippen LogP contribution in [-0.4, -0.2) is 67.7 Å². The van der Waals surface area contributed by atoms with E-state index in [2.05, 4.69) is 22.5 Å². The molecule has 9 nitrogen and oxygen atoms in total. The zero-order valence-electron chi connectivity index (χ0n) is 20.5. The first-order valence-corrected chi connectivity index (χ1v) is 11.1. The fourth-order valence-electron chi connectivity index (χ4n) is 3.28. The third-order valence-electron chi connectivity index (χ3n) is 5.66. The van der Waals surface area contributed by atoms with E-state index in [0.29, 0.717) is 5.56 Å². The van der Waals surface area contributed by atoms with Crippen molar-refractivity contribution in [1.29, 1.82) is 0 Å². The van der Waals surface area contributed by atoms with Gasteiger partial charge in [0.2, 0.25) is 0 Å². The van der Waals surface area contributed by atoms with E-state index < -0.39 is 23.3 Å². The Morgan fingerprint density at radius 3 is 2.09 bits per heavy atom. The Balaban J connectivity index is 2.05. The van der Waals surface area contributed by atoms with E-state index in [9.17, 15) is 14.4 Å². The first kappa shape index (κ1) is 27.5. The van der Waals surface area contributed by atoms with Gasteiger partial charge >= 0.3 is 0 Å². The predicted octanol–water partition coefficient (Wildman–Crippen LogP) is 1.29. The number of nitrogens with one attached hydrogen (secondary N) is 3. The highest BCUT2D eigenvalue weighted by atomic mass is 16.5. The summed E-state index contributed by atoms with van der Waals surface area (Å²) in [7, 11) is 4.35. The molecule has 2 aromatic rings. The van der Waals surface area contributed by atoms with Crippen molar-refractivity contribution in [1.82, 2.24) is 21.0 Å². The number of methoxy groups -OCH3 is 1. The van der Waals surface area contributed by atoms with Gasteiger partial charge in [0, 0.05) is 51.0 Å². The molecule has 1 atom stereocenters. The molecule has 0 bridgehead atoms. The second kappa shape index (κ2) is 13.2. The van der Waals surface area contributed by atoms with Crippen molar-refractivity contribution in [2.24, 2.45) is 0 Å². The summed E-state index contributed by atoms with van der Waals surface area (Å²) in [5.74, 6) is 3.83. The average Bonchev–Trinajstić information content (AvgIpc) is 2.90. The van der Waals surface area contributed by atoms with E-state index in [1.165, 1.54) is 32.1 Å². The molecule has 0 aromatic heterocycles. The smallest absolute Gasteiger partial charge is 0.278 e. The largest absolute Gasteiger partial charge is 0.385 e. The van der Waals surface area contributed by atoms with Crippen molar-refractivity contribution in [3.05, 3.63) is 70.8 Å². The van der Waals surface area contributed by atoms with Crippen LogP contribution in [0, 0.1) is 11.8 Å². The summed E-state index contributed by atoms with van der Waals surface area (Å²) in [6, 6.07) is 14.5. The Labute approximate surface area is 205 Å². The molecular formula is C26H32N4O5. The maximum atomic E-state index is 12.9. The van der Waals surface area contributed by atoms with Gasteiger partial charge in [-0.2, -0.15) is 0 Å². The lowest BCUT2D eigenvalue weighted by Crippen LogP contribution is -2.64. The molecule has 2 rings (SSSR count). The van der Waals surface area contributed by atoms with Gasteiger partial charge in [-0.1, -0.05) is 24.0 Å². The molecule has 9 heteroatoms. The number of hydroxylamine groups is 1. The maximum Gasteiger partial charge on any atom is 0.278 e. The molecule has 0 aliphatic carbocycles. The number of carbonyl (C=O) groups is 3. The molecule has 186 valence electrons. The fraction of sp³-hybridized carbons (Fsp3) is 0.346. The van der Waals surface area contributed by atoms with Crippen LogP contribution in [0.25, 0.3) is 0 Å². The van der Waals surface area contributed by atoms with Gasteiger partial charge in [0.05, 0.1) is 0 Å². The minimum Gasteiger partial charge on any atom is -0.385 e. The van der Waals surface area contributed by atoms with Crippen LogP contribution < -0.4 is 16.1 Å². The number of nitrogens with zero attached hydrogens (tertiary/aromatic N) is 1. The minimum atomic E-state index is -1.94. The first-order valence-electron chi connectivity index (χ1n) is 11.1. The third-order valence-corrected chi connectivity index (χ3v) is 5.66. The van der Waals surface area contributed by atoms with E-state index in [1.54, 1.807) is 31.4 Å². The van der Waals surface area contributed by atoms with Gasteiger partial charge in [-0.25, -0.2) is 5.48 Å². The van der Waals surface area contributed by atoms with Crippen molar-refractivity contribution >= 4 is 17.7 Å². The standard InChI is InChI=1S/C26H32N4O5/c1-26(24(32)27-2,25(33)29-34)30(3)23(31)22-14-12-20(13-15-22)7-6-19-8-10-21(11-9-19)18-28-16-5-17-35-4/h8-15,28,34H,5,16-18H2,1-4H3,(H,27,32)(H,29,33)/t26-/m0/s1. The van der Waals surface area contributed by atoms with Crippen LogP contribution in [0.1, 0.15) is 40.4 Å². The van der Waals surface area contributed by atoms with Crippen LogP contribution in [0.15, 0.2) is 48.5 Å². The summed E-state index contributed by atoms with van der Waals surface area (Å²) in [5.41, 5.74) is 2.51. The summed E-state index contributed by atoms with van der Waals surface area (Å²) < 4.78 is 5.03. The molecular weight excluding hydrogens is 448 g/mol. The lowest BCUT2D eigenvalue weighted by Gasteiger charge is -2.34. The molecule has 0 unspecified atom stereocenters. The fourth-order valence-corrected chi connectivity index (χ4v) is 3.28. The number of likely N-dealkylation sites (N-methyl/N-ethyl adjacent to an activating group) is 2. The summed E-state index contributed by atoms with van der Waals surface area (Å²) in [6.45, 7) is 3.66. The van der Waals surface area contributed by atoms with Crippen LogP contribution in [0.5, 0.6) is 0 Å². The van der Waals surface area contributed by atoms with Crippen molar-refractivity contribution in [3.8, 4) is 11.8 Å². The number of amides is 3. The Morgan fingerprint density at radius 1 is 1.00 bits per heavy atom. The number of rotatable bonds is 10. The van der Waals surface area contributed by atoms with Crippen molar-refractivity contribution in [2.45, 2.75) is 25.4 Å². The number of hydrogen-bond donors (Lipinski definition) is 4. The maximum absolute atomic E-state index is 12.9. The lowest BCUT2D eigenvalue weighted by molar-refractivity contribution is -0.148. The zero-order valence-corrected chi connectivity index (χ0v) is 20.5. The molecule has 0 aliphatic heterocycles. The van der Waals surface area contributed by atoms with E-state index >= 15 is 0 Å². The summed E-state index contributed by atoms with van der Waals surface area (Å²) in [4.78, 5) is 38.3. The van der Waals surface area contributed by atoms with Gasteiger partial charge in [0.15, 0.2) is 5.54 Å². The van der Waals surface area contributed by atoms with Gasteiger partial charge in [-0.15, -0.1) is 0 Å². The molecule has 0 saturated carbocycles. The van der Waals surface area contributed by atoms with E-state index in [0.717, 1.165) is 36.6 Å². The molecule has 0 heterocycles.